The Hall–Kier alpha value is -1.83. The van der Waals surface area contributed by atoms with Crippen molar-refractivity contribution in [3.63, 3.8) is 0 Å². The van der Waals surface area contributed by atoms with E-state index in [0.717, 1.165) is 29.4 Å². The van der Waals surface area contributed by atoms with Crippen molar-refractivity contribution in [2.45, 2.75) is 42.6 Å². The summed E-state index contributed by atoms with van der Waals surface area (Å²) < 4.78 is 25.3. The van der Waals surface area contributed by atoms with Crippen molar-refractivity contribution in [2.24, 2.45) is 5.14 Å². The lowest BCUT2D eigenvalue weighted by atomic mass is 10.2. The molecule has 1 heterocycles. The van der Waals surface area contributed by atoms with E-state index in [4.69, 9.17) is 5.14 Å². The molecule has 0 aliphatic heterocycles. The Labute approximate surface area is 152 Å². The van der Waals surface area contributed by atoms with Gasteiger partial charge in [0.15, 0.2) is 5.16 Å². The summed E-state index contributed by atoms with van der Waals surface area (Å²) in [6.07, 6.45) is 0.973. The molecule has 0 aliphatic rings. The van der Waals surface area contributed by atoms with Crippen molar-refractivity contribution in [3.05, 3.63) is 53.6 Å². The molecule has 25 heavy (non-hydrogen) atoms. The summed E-state index contributed by atoms with van der Waals surface area (Å²) >= 11 is 1.66. The number of fused-ring (bicyclic) bond motifs is 1. The van der Waals surface area contributed by atoms with Gasteiger partial charge in [0.05, 0.1) is 15.9 Å². The second-order valence-corrected chi connectivity index (χ2v) is 8.52. The number of benzene rings is 2. The van der Waals surface area contributed by atoms with E-state index < -0.39 is 10.0 Å². The maximum Gasteiger partial charge on any atom is 0.238 e. The average Bonchev–Trinajstić information content (AvgIpc) is 2.90. The van der Waals surface area contributed by atoms with Crippen LogP contribution in [0.4, 0.5) is 0 Å². The Kier molecular flexibility index (Phi) is 5.17. The fourth-order valence-corrected chi connectivity index (χ4v) is 4.28. The van der Waals surface area contributed by atoms with E-state index in [1.807, 2.05) is 0 Å². The van der Waals surface area contributed by atoms with Crippen LogP contribution in [0.15, 0.2) is 52.5 Å². The van der Waals surface area contributed by atoms with Crippen molar-refractivity contribution in [3.8, 4) is 0 Å². The van der Waals surface area contributed by atoms with Crippen molar-refractivity contribution < 1.29 is 8.42 Å². The number of rotatable bonds is 6. The predicted octanol–water partition coefficient (Wildman–Crippen LogP) is 3.69. The monoisotopic (exact) mass is 375 g/mol. The SMILES string of the molecule is CCCn1c(SCc2cccc(C)c2)nc2cc(S(N)(=O)=O)ccc21. The molecule has 0 saturated heterocycles. The van der Waals surface area contributed by atoms with E-state index >= 15 is 0 Å². The van der Waals surface area contributed by atoms with Gasteiger partial charge in [0.25, 0.3) is 0 Å². The van der Waals surface area contributed by atoms with Crippen molar-refractivity contribution in [1.82, 2.24) is 9.55 Å². The molecule has 0 amide bonds. The van der Waals surface area contributed by atoms with Gasteiger partial charge < -0.3 is 4.57 Å². The Balaban J connectivity index is 1.97. The molecular weight excluding hydrogens is 354 g/mol. The first-order chi connectivity index (χ1) is 11.9. The summed E-state index contributed by atoms with van der Waals surface area (Å²) in [6.45, 7) is 5.02. The molecule has 0 aliphatic carbocycles. The highest BCUT2D eigenvalue weighted by Crippen LogP contribution is 2.28. The molecule has 132 valence electrons. The fraction of sp³-hybridized carbons (Fsp3) is 0.278. The quantitative estimate of drug-likeness (QED) is 0.667. The lowest BCUT2D eigenvalue weighted by molar-refractivity contribution is 0.598. The number of nitrogens with zero attached hydrogens (tertiary/aromatic N) is 2. The van der Waals surface area contributed by atoms with Gasteiger partial charge in [-0.3, -0.25) is 0 Å². The molecule has 0 bridgehead atoms. The van der Waals surface area contributed by atoms with Crippen LogP contribution in [0.25, 0.3) is 11.0 Å². The molecular formula is C18H21N3O2S2. The van der Waals surface area contributed by atoms with Crippen LogP contribution in [0.3, 0.4) is 0 Å². The molecule has 0 fully saturated rings. The zero-order chi connectivity index (χ0) is 18.0. The second kappa shape index (κ2) is 7.19. The maximum absolute atomic E-state index is 11.6. The highest BCUT2D eigenvalue weighted by molar-refractivity contribution is 7.98. The minimum Gasteiger partial charge on any atom is -0.319 e. The predicted molar refractivity (Wildman–Crippen MR) is 102 cm³/mol. The first-order valence-corrected chi connectivity index (χ1v) is 10.6. The van der Waals surface area contributed by atoms with Gasteiger partial charge in [-0.05, 0) is 37.1 Å². The first kappa shape index (κ1) is 18.0. The van der Waals surface area contributed by atoms with E-state index in [0.29, 0.717) is 5.52 Å². The Morgan fingerprint density at radius 2 is 2.00 bits per heavy atom. The van der Waals surface area contributed by atoms with E-state index in [2.05, 4.69) is 47.7 Å². The average molecular weight is 376 g/mol. The lowest BCUT2D eigenvalue weighted by Crippen LogP contribution is -2.11. The smallest absolute Gasteiger partial charge is 0.238 e. The topological polar surface area (TPSA) is 78.0 Å². The number of sulfonamides is 1. The number of primary sulfonamides is 1. The Morgan fingerprint density at radius 3 is 2.68 bits per heavy atom. The molecule has 0 saturated carbocycles. The number of aromatic nitrogens is 2. The van der Waals surface area contributed by atoms with Crippen LogP contribution >= 0.6 is 11.8 Å². The number of hydrogen-bond acceptors (Lipinski definition) is 4. The van der Waals surface area contributed by atoms with E-state index in [9.17, 15) is 8.42 Å². The third-order valence-electron chi connectivity index (χ3n) is 3.91. The van der Waals surface area contributed by atoms with Crippen molar-refractivity contribution in [1.29, 1.82) is 0 Å². The Bertz CT molecular complexity index is 1010. The Morgan fingerprint density at radius 1 is 1.20 bits per heavy atom. The van der Waals surface area contributed by atoms with E-state index in [-0.39, 0.29) is 4.90 Å². The summed E-state index contributed by atoms with van der Waals surface area (Å²) in [4.78, 5) is 4.74. The minimum atomic E-state index is -3.73. The maximum atomic E-state index is 11.6. The fourth-order valence-electron chi connectivity index (χ4n) is 2.76. The van der Waals surface area contributed by atoms with Gasteiger partial charge in [0.1, 0.15) is 0 Å². The highest BCUT2D eigenvalue weighted by Gasteiger charge is 2.15. The lowest BCUT2D eigenvalue weighted by Gasteiger charge is -2.08. The molecule has 3 rings (SSSR count). The molecule has 1 aromatic heterocycles. The molecule has 5 nitrogen and oxygen atoms in total. The van der Waals surface area contributed by atoms with Crippen LogP contribution in [0.2, 0.25) is 0 Å². The molecule has 0 radical (unpaired) electrons. The zero-order valence-corrected chi connectivity index (χ0v) is 15.9. The van der Waals surface area contributed by atoms with E-state index in [1.165, 1.54) is 11.1 Å². The van der Waals surface area contributed by atoms with Crippen LogP contribution in [-0.4, -0.2) is 18.0 Å². The van der Waals surface area contributed by atoms with Crippen LogP contribution in [0.5, 0.6) is 0 Å². The van der Waals surface area contributed by atoms with Gasteiger partial charge in [-0.1, -0.05) is 48.5 Å². The van der Waals surface area contributed by atoms with Gasteiger partial charge in [-0.2, -0.15) is 0 Å². The number of imidazole rings is 1. The zero-order valence-electron chi connectivity index (χ0n) is 14.3. The third-order valence-corrected chi connectivity index (χ3v) is 5.87. The van der Waals surface area contributed by atoms with Crippen LogP contribution in [-0.2, 0) is 22.3 Å². The highest BCUT2D eigenvalue weighted by atomic mass is 32.2. The van der Waals surface area contributed by atoms with Crippen LogP contribution in [0.1, 0.15) is 24.5 Å². The van der Waals surface area contributed by atoms with Crippen molar-refractivity contribution in [2.75, 3.05) is 0 Å². The number of thioether (sulfide) groups is 1. The molecule has 0 spiro atoms. The molecule has 2 N–H and O–H groups in total. The minimum absolute atomic E-state index is 0.0939. The van der Waals surface area contributed by atoms with Gasteiger partial charge >= 0.3 is 0 Å². The summed E-state index contributed by atoms with van der Waals surface area (Å²) in [5, 5.41) is 6.13. The summed E-state index contributed by atoms with van der Waals surface area (Å²) in [5.74, 6) is 0.816. The number of nitrogens with two attached hydrogens (primary N) is 1. The molecule has 0 atom stereocenters. The molecule has 0 unspecified atom stereocenters. The van der Waals surface area contributed by atoms with Crippen molar-refractivity contribution >= 4 is 32.8 Å². The van der Waals surface area contributed by atoms with Gasteiger partial charge in [0.2, 0.25) is 10.0 Å². The summed E-state index contributed by atoms with van der Waals surface area (Å²) in [6, 6.07) is 13.3. The number of aryl methyl sites for hydroxylation is 2. The summed E-state index contributed by atoms with van der Waals surface area (Å²) in [5.41, 5.74) is 4.07. The second-order valence-electron chi connectivity index (χ2n) is 6.02. The van der Waals surface area contributed by atoms with Gasteiger partial charge in [-0.15, -0.1) is 0 Å². The van der Waals surface area contributed by atoms with E-state index in [1.54, 1.807) is 30.0 Å². The van der Waals surface area contributed by atoms with Gasteiger partial charge in [0, 0.05) is 12.3 Å². The van der Waals surface area contributed by atoms with Crippen LogP contribution < -0.4 is 5.14 Å². The standard InChI is InChI=1S/C18H21N3O2S2/c1-3-9-21-17-8-7-15(25(19,22)23)11-16(17)20-18(21)24-12-14-6-4-5-13(2)10-14/h4-8,10-11H,3,9,12H2,1-2H3,(H2,19,22,23). The largest absolute Gasteiger partial charge is 0.319 e. The summed E-state index contributed by atoms with van der Waals surface area (Å²) in [7, 11) is -3.73. The molecule has 2 aromatic carbocycles. The normalized spacial score (nSPS) is 12.0. The molecule has 7 heteroatoms. The molecule has 3 aromatic rings. The van der Waals surface area contributed by atoms with Gasteiger partial charge in [-0.25, -0.2) is 18.5 Å². The van der Waals surface area contributed by atoms with Crippen LogP contribution in [0, 0.1) is 6.92 Å². The first-order valence-electron chi connectivity index (χ1n) is 8.10. The number of hydrogen-bond donors (Lipinski definition) is 1. The third kappa shape index (κ3) is 4.05.